The van der Waals surface area contributed by atoms with Gasteiger partial charge in [0.15, 0.2) is 18.2 Å². The van der Waals surface area contributed by atoms with Crippen molar-refractivity contribution in [3.63, 3.8) is 0 Å². The molecule has 0 bridgehead atoms. The molecule has 2 heterocycles. The minimum Gasteiger partial charge on any atom is -0.343 e. The Bertz CT molecular complexity index is 244. The van der Waals surface area contributed by atoms with Gasteiger partial charge in [0.25, 0.3) is 0 Å². The molecule has 0 aliphatic carbocycles. The van der Waals surface area contributed by atoms with Crippen molar-refractivity contribution in [3.8, 4) is 0 Å². The zero-order chi connectivity index (χ0) is 11.2. The number of ether oxygens (including phenoxy) is 3. The van der Waals surface area contributed by atoms with Crippen molar-refractivity contribution < 1.29 is 18.6 Å². The van der Waals surface area contributed by atoms with E-state index in [1.54, 1.807) is 13.8 Å². The van der Waals surface area contributed by atoms with Crippen molar-refractivity contribution >= 4 is 0 Å². The number of rotatable bonds is 2. The van der Waals surface area contributed by atoms with Gasteiger partial charge in [-0.2, -0.15) is 0 Å². The molecule has 0 radical (unpaired) electrons. The summed E-state index contributed by atoms with van der Waals surface area (Å²) >= 11 is 0. The van der Waals surface area contributed by atoms with Crippen LogP contribution in [0.25, 0.3) is 0 Å². The van der Waals surface area contributed by atoms with E-state index in [2.05, 4.69) is 0 Å². The van der Waals surface area contributed by atoms with Crippen LogP contribution in [0.15, 0.2) is 0 Å². The summed E-state index contributed by atoms with van der Waals surface area (Å²) < 4.78 is 30.5. The Balaban J connectivity index is 2.05. The molecule has 3 nitrogen and oxygen atoms in total. The van der Waals surface area contributed by atoms with Gasteiger partial charge in [-0.05, 0) is 19.8 Å². The fraction of sp³-hybridized carbons (Fsp3) is 1.00. The summed E-state index contributed by atoms with van der Waals surface area (Å²) in [4.78, 5) is 0. The molecule has 0 N–H and O–H groups in total. The highest BCUT2D eigenvalue weighted by Crippen LogP contribution is 2.41. The summed E-state index contributed by atoms with van der Waals surface area (Å²) in [6, 6.07) is 0. The first-order valence-electron chi connectivity index (χ1n) is 5.60. The van der Waals surface area contributed by atoms with Crippen molar-refractivity contribution in [2.75, 3.05) is 0 Å². The molecule has 5 atom stereocenters. The first-order chi connectivity index (χ1) is 6.94. The minimum atomic E-state index is -1.08. The average molecular weight is 218 g/mol. The van der Waals surface area contributed by atoms with Gasteiger partial charge in [-0.1, -0.05) is 20.3 Å². The smallest absolute Gasteiger partial charge is 0.190 e. The lowest BCUT2D eigenvalue weighted by molar-refractivity contribution is -0.215. The number of hydrogen-bond donors (Lipinski definition) is 0. The second kappa shape index (κ2) is 3.68. The largest absolute Gasteiger partial charge is 0.343 e. The van der Waals surface area contributed by atoms with Crippen LogP contribution in [0.4, 0.5) is 4.39 Å². The van der Waals surface area contributed by atoms with Crippen molar-refractivity contribution in [2.24, 2.45) is 5.92 Å². The van der Waals surface area contributed by atoms with Gasteiger partial charge in [0.1, 0.15) is 6.10 Å². The summed E-state index contributed by atoms with van der Waals surface area (Å²) in [5.74, 6) is -0.527. The Morgan fingerprint density at radius 1 is 1.33 bits per heavy atom. The van der Waals surface area contributed by atoms with Crippen LogP contribution in [0, 0.1) is 5.92 Å². The van der Waals surface area contributed by atoms with Crippen molar-refractivity contribution in [1.29, 1.82) is 0 Å². The van der Waals surface area contributed by atoms with Crippen LogP contribution in [0.5, 0.6) is 0 Å². The zero-order valence-corrected chi connectivity index (χ0v) is 9.70. The molecule has 4 heteroatoms. The SMILES string of the molecule is CC[C@H](C)[C@H]1O[C@@H]2OC(C)(C)O[C@@H]2[C@H]1F. The van der Waals surface area contributed by atoms with Gasteiger partial charge in [0, 0.05) is 0 Å². The second-order valence-electron chi connectivity index (χ2n) is 4.90. The Labute approximate surface area is 89.9 Å². The molecule has 0 aromatic heterocycles. The highest BCUT2D eigenvalue weighted by molar-refractivity contribution is 4.94. The highest BCUT2D eigenvalue weighted by atomic mass is 19.1. The van der Waals surface area contributed by atoms with Crippen LogP contribution in [0.3, 0.4) is 0 Å². The minimum absolute atomic E-state index is 0.195. The van der Waals surface area contributed by atoms with Crippen LogP contribution in [-0.4, -0.2) is 30.5 Å². The zero-order valence-electron chi connectivity index (χ0n) is 9.70. The van der Waals surface area contributed by atoms with E-state index >= 15 is 0 Å². The maximum absolute atomic E-state index is 14.0. The van der Waals surface area contributed by atoms with Crippen LogP contribution >= 0.6 is 0 Å². The van der Waals surface area contributed by atoms with Gasteiger partial charge in [0.2, 0.25) is 0 Å². The van der Waals surface area contributed by atoms with E-state index in [9.17, 15) is 4.39 Å². The van der Waals surface area contributed by atoms with E-state index in [-0.39, 0.29) is 12.0 Å². The molecule has 2 aliphatic heterocycles. The van der Waals surface area contributed by atoms with Gasteiger partial charge in [-0.15, -0.1) is 0 Å². The van der Waals surface area contributed by atoms with E-state index in [1.807, 2.05) is 13.8 Å². The van der Waals surface area contributed by atoms with E-state index in [0.29, 0.717) is 0 Å². The quantitative estimate of drug-likeness (QED) is 0.711. The number of fused-ring (bicyclic) bond motifs is 1. The topological polar surface area (TPSA) is 27.7 Å². The molecule has 0 spiro atoms. The van der Waals surface area contributed by atoms with Crippen LogP contribution in [-0.2, 0) is 14.2 Å². The molecule has 0 aromatic carbocycles. The molecule has 0 unspecified atom stereocenters. The van der Waals surface area contributed by atoms with Crippen molar-refractivity contribution in [1.82, 2.24) is 0 Å². The van der Waals surface area contributed by atoms with Crippen molar-refractivity contribution in [3.05, 3.63) is 0 Å². The summed E-state index contributed by atoms with van der Waals surface area (Å²) in [6.45, 7) is 7.57. The van der Waals surface area contributed by atoms with Gasteiger partial charge >= 0.3 is 0 Å². The second-order valence-corrected chi connectivity index (χ2v) is 4.90. The Kier molecular flexibility index (Phi) is 2.77. The standard InChI is InChI=1S/C11H19FO3/c1-5-6(2)8-7(12)9-10(13-8)15-11(3,4)14-9/h6-10H,5H2,1-4H3/t6-,7-,8+,9+,10+/m0/s1. The average Bonchev–Trinajstić information content (AvgIpc) is 2.60. The molecule has 2 rings (SSSR count). The highest BCUT2D eigenvalue weighted by Gasteiger charge is 2.56. The lowest BCUT2D eigenvalue weighted by Crippen LogP contribution is -2.34. The summed E-state index contributed by atoms with van der Waals surface area (Å²) in [7, 11) is 0. The molecule has 0 aromatic rings. The third-order valence-corrected chi connectivity index (χ3v) is 3.21. The van der Waals surface area contributed by atoms with Crippen LogP contribution < -0.4 is 0 Å². The number of halogens is 1. The molecule has 2 saturated heterocycles. The Hall–Kier alpha value is -0.190. The number of alkyl halides is 1. The van der Waals surface area contributed by atoms with Crippen molar-refractivity contribution in [2.45, 2.75) is 64.6 Å². The van der Waals surface area contributed by atoms with E-state index in [4.69, 9.17) is 14.2 Å². The van der Waals surface area contributed by atoms with Crippen LogP contribution in [0.1, 0.15) is 34.1 Å². The van der Waals surface area contributed by atoms with Gasteiger partial charge in [0.05, 0.1) is 6.10 Å². The van der Waals surface area contributed by atoms with Gasteiger partial charge in [-0.25, -0.2) is 4.39 Å². The Morgan fingerprint density at radius 2 is 2.00 bits per heavy atom. The lowest BCUT2D eigenvalue weighted by Gasteiger charge is -2.24. The summed E-state index contributed by atoms with van der Waals surface area (Å²) in [5.41, 5.74) is 0. The monoisotopic (exact) mass is 218 g/mol. The molecule has 88 valence electrons. The van der Waals surface area contributed by atoms with E-state index in [1.165, 1.54) is 0 Å². The molecule has 2 aliphatic rings. The predicted octanol–water partition coefficient (Wildman–Crippen LogP) is 2.25. The first kappa shape index (κ1) is 11.3. The molecule has 0 saturated carbocycles. The van der Waals surface area contributed by atoms with E-state index in [0.717, 1.165) is 6.42 Å². The molecule has 0 amide bonds. The van der Waals surface area contributed by atoms with Gasteiger partial charge in [-0.3, -0.25) is 0 Å². The first-order valence-corrected chi connectivity index (χ1v) is 5.60. The molecule has 2 fully saturated rings. The lowest BCUT2D eigenvalue weighted by atomic mass is 9.97. The van der Waals surface area contributed by atoms with Crippen LogP contribution in [0.2, 0.25) is 0 Å². The molecular weight excluding hydrogens is 199 g/mol. The maximum Gasteiger partial charge on any atom is 0.190 e. The summed E-state index contributed by atoms with van der Waals surface area (Å²) in [6.07, 6.45) is -1.66. The fourth-order valence-electron chi connectivity index (χ4n) is 2.18. The predicted molar refractivity (Wildman–Crippen MR) is 53.0 cm³/mol. The third-order valence-electron chi connectivity index (χ3n) is 3.21. The van der Waals surface area contributed by atoms with Gasteiger partial charge < -0.3 is 14.2 Å². The molecule has 15 heavy (non-hydrogen) atoms. The molecular formula is C11H19FO3. The summed E-state index contributed by atoms with van der Waals surface area (Å²) in [5, 5.41) is 0. The maximum atomic E-state index is 14.0. The normalized spacial score (nSPS) is 45.4. The third kappa shape index (κ3) is 1.90. The number of hydrogen-bond acceptors (Lipinski definition) is 3. The fourth-order valence-corrected chi connectivity index (χ4v) is 2.18. The Morgan fingerprint density at radius 3 is 2.53 bits per heavy atom. The van der Waals surface area contributed by atoms with E-state index < -0.39 is 24.4 Å².